The van der Waals surface area contributed by atoms with Crippen molar-refractivity contribution in [2.45, 2.75) is 12.5 Å². The molecule has 1 amide bonds. The molecule has 0 radical (unpaired) electrons. The molecule has 1 atom stereocenters. The third kappa shape index (κ3) is 4.15. The zero-order valence-corrected chi connectivity index (χ0v) is 19.7. The van der Waals surface area contributed by atoms with Gasteiger partial charge in [0.1, 0.15) is 11.5 Å². The zero-order chi connectivity index (χ0) is 23.8. The number of rotatable bonds is 4. The van der Waals surface area contributed by atoms with Crippen LogP contribution in [0.1, 0.15) is 29.3 Å². The summed E-state index contributed by atoms with van der Waals surface area (Å²) in [5, 5.41) is 9.76. The molecule has 2 aliphatic heterocycles. The molecule has 1 aromatic heterocycles. The Morgan fingerprint density at radius 1 is 1.03 bits per heavy atom. The van der Waals surface area contributed by atoms with E-state index in [0.717, 1.165) is 22.6 Å². The summed E-state index contributed by atoms with van der Waals surface area (Å²) in [5.74, 6) is 1.12. The summed E-state index contributed by atoms with van der Waals surface area (Å²) in [6.07, 6.45) is 3.99. The summed E-state index contributed by atoms with van der Waals surface area (Å²) in [7, 11) is 1.65. The topological polar surface area (TPSA) is 67.4 Å². The summed E-state index contributed by atoms with van der Waals surface area (Å²) < 4.78 is 10.7. The molecular weight excluding hydrogens is 458 g/mol. The molecule has 35 heavy (non-hydrogen) atoms. The van der Waals surface area contributed by atoms with Gasteiger partial charge in [0.25, 0.3) is 5.91 Å². The first-order chi connectivity index (χ1) is 17.2. The van der Waals surface area contributed by atoms with Gasteiger partial charge in [-0.25, -0.2) is 5.01 Å². The molecule has 0 aliphatic carbocycles. The van der Waals surface area contributed by atoms with Gasteiger partial charge < -0.3 is 9.15 Å². The maximum Gasteiger partial charge on any atom is 0.286 e. The largest absolute Gasteiger partial charge is 0.497 e. The minimum atomic E-state index is -0.288. The van der Waals surface area contributed by atoms with E-state index < -0.39 is 0 Å². The van der Waals surface area contributed by atoms with Crippen LogP contribution in [-0.2, 0) is 4.79 Å². The first kappa shape index (κ1) is 21.4. The molecule has 0 saturated heterocycles. The number of hydrazone groups is 1. The van der Waals surface area contributed by atoms with Crippen LogP contribution in [0.2, 0.25) is 0 Å². The van der Waals surface area contributed by atoms with Gasteiger partial charge in [-0.3, -0.25) is 4.79 Å². The van der Waals surface area contributed by atoms with Crippen molar-refractivity contribution in [3.63, 3.8) is 0 Å². The molecule has 0 spiro atoms. The lowest BCUT2D eigenvalue weighted by Gasteiger charge is -2.22. The SMILES string of the molecule is COc1ccc(C2CC(c3ccc4ccccc4c3)=NN2C2=NC(=O)/C(=C/c3ccco3)S2)cc1. The maximum atomic E-state index is 12.7. The van der Waals surface area contributed by atoms with Crippen LogP contribution in [0.25, 0.3) is 16.8 Å². The molecule has 7 heteroatoms. The van der Waals surface area contributed by atoms with Crippen molar-refractivity contribution in [1.29, 1.82) is 0 Å². The number of furan rings is 1. The van der Waals surface area contributed by atoms with E-state index in [4.69, 9.17) is 14.3 Å². The summed E-state index contributed by atoms with van der Waals surface area (Å²) in [5.41, 5.74) is 3.09. The van der Waals surface area contributed by atoms with Gasteiger partial charge in [0.2, 0.25) is 0 Å². The molecule has 6 nitrogen and oxygen atoms in total. The predicted molar refractivity (Wildman–Crippen MR) is 139 cm³/mol. The fourth-order valence-corrected chi connectivity index (χ4v) is 5.21. The Bertz CT molecular complexity index is 1500. The monoisotopic (exact) mass is 479 g/mol. The highest BCUT2D eigenvalue weighted by atomic mass is 32.2. The number of thioether (sulfide) groups is 1. The van der Waals surface area contributed by atoms with E-state index in [-0.39, 0.29) is 11.9 Å². The van der Waals surface area contributed by atoms with Crippen molar-refractivity contribution in [3.05, 3.63) is 107 Å². The van der Waals surface area contributed by atoms with Crippen molar-refractivity contribution in [3.8, 4) is 5.75 Å². The Balaban J connectivity index is 1.37. The minimum absolute atomic E-state index is 0.0932. The van der Waals surface area contributed by atoms with Crippen molar-refractivity contribution < 1.29 is 13.9 Å². The van der Waals surface area contributed by atoms with Crippen LogP contribution in [0.5, 0.6) is 5.75 Å². The van der Waals surface area contributed by atoms with Crippen LogP contribution >= 0.6 is 11.8 Å². The number of ether oxygens (including phenoxy) is 1. The number of hydrogen-bond donors (Lipinski definition) is 0. The molecule has 0 fully saturated rings. The molecule has 0 bridgehead atoms. The van der Waals surface area contributed by atoms with Crippen molar-refractivity contribution in [2.75, 3.05) is 7.11 Å². The molecule has 4 aromatic rings. The number of nitrogens with zero attached hydrogens (tertiary/aromatic N) is 3. The lowest BCUT2D eigenvalue weighted by molar-refractivity contribution is -0.113. The average molecular weight is 480 g/mol. The minimum Gasteiger partial charge on any atom is -0.497 e. The van der Waals surface area contributed by atoms with Gasteiger partial charge in [-0.05, 0) is 64.0 Å². The lowest BCUT2D eigenvalue weighted by Crippen LogP contribution is -2.23. The maximum absolute atomic E-state index is 12.7. The number of aliphatic imine (C=N–C) groups is 1. The van der Waals surface area contributed by atoms with Gasteiger partial charge in [-0.15, -0.1) is 0 Å². The summed E-state index contributed by atoms with van der Waals surface area (Å²) in [6.45, 7) is 0. The summed E-state index contributed by atoms with van der Waals surface area (Å²) in [6, 6.07) is 26.1. The highest BCUT2D eigenvalue weighted by Gasteiger charge is 2.36. The van der Waals surface area contributed by atoms with Crippen molar-refractivity contribution in [2.24, 2.45) is 10.1 Å². The van der Waals surface area contributed by atoms with Gasteiger partial charge in [0, 0.05) is 12.5 Å². The van der Waals surface area contributed by atoms with Gasteiger partial charge >= 0.3 is 0 Å². The fourth-order valence-electron chi connectivity index (χ4n) is 4.31. The first-order valence-electron chi connectivity index (χ1n) is 11.2. The predicted octanol–water partition coefficient (Wildman–Crippen LogP) is 6.26. The molecule has 2 aliphatic rings. The third-order valence-corrected chi connectivity index (χ3v) is 7.09. The molecule has 1 unspecified atom stereocenters. The third-order valence-electron chi connectivity index (χ3n) is 6.12. The molecule has 172 valence electrons. The van der Waals surface area contributed by atoms with Crippen LogP contribution in [0.4, 0.5) is 0 Å². The highest BCUT2D eigenvalue weighted by Crippen LogP contribution is 2.40. The smallest absolute Gasteiger partial charge is 0.286 e. The van der Waals surface area contributed by atoms with E-state index in [0.29, 0.717) is 22.3 Å². The van der Waals surface area contributed by atoms with Crippen LogP contribution in [0.15, 0.2) is 105 Å². The summed E-state index contributed by atoms with van der Waals surface area (Å²) >= 11 is 1.32. The second-order valence-corrected chi connectivity index (χ2v) is 9.28. The van der Waals surface area contributed by atoms with Crippen LogP contribution in [0, 0.1) is 0 Å². The number of carbonyl (C=O) groups excluding carboxylic acids is 1. The van der Waals surface area contributed by atoms with Crippen LogP contribution in [0.3, 0.4) is 0 Å². The Kier molecular flexibility index (Phi) is 5.47. The van der Waals surface area contributed by atoms with E-state index >= 15 is 0 Å². The molecular formula is C28H21N3O3S. The Morgan fingerprint density at radius 3 is 2.63 bits per heavy atom. The number of methoxy groups -OCH3 is 1. The Morgan fingerprint density at radius 2 is 1.86 bits per heavy atom. The molecule has 0 saturated carbocycles. The van der Waals surface area contributed by atoms with Crippen molar-refractivity contribution in [1.82, 2.24) is 5.01 Å². The summed E-state index contributed by atoms with van der Waals surface area (Å²) in [4.78, 5) is 17.5. The number of amides is 1. The number of carbonyl (C=O) groups is 1. The van der Waals surface area contributed by atoms with E-state index in [1.54, 1.807) is 25.5 Å². The van der Waals surface area contributed by atoms with Crippen LogP contribution < -0.4 is 4.74 Å². The quantitative estimate of drug-likeness (QED) is 0.323. The first-order valence-corrected chi connectivity index (χ1v) is 12.1. The van der Waals surface area contributed by atoms with Gasteiger partial charge in [-0.2, -0.15) is 10.1 Å². The number of benzene rings is 3. The van der Waals surface area contributed by atoms with E-state index in [2.05, 4.69) is 35.3 Å². The van der Waals surface area contributed by atoms with Gasteiger partial charge in [0.15, 0.2) is 5.17 Å². The van der Waals surface area contributed by atoms with E-state index in [9.17, 15) is 4.79 Å². The lowest BCUT2D eigenvalue weighted by atomic mass is 9.97. The standard InChI is InChI=1S/C28H21N3O3S/c1-33-22-12-10-19(11-13-22)25-17-24(21-9-8-18-5-2-3-6-20(18)15-21)30-31(25)28-29-27(32)26(35-28)16-23-7-4-14-34-23/h2-16,25H,17H2,1H3/b26-16-. The highest BCUT2D eigenvalue weighted by molar-refractivity contribution is 8.18. The second kappa shape index (κ2) is 8.92. The molecule has 0 N–H and O–H groups in total. The number of hydrogen-bond acceptors (Lipinski definition) is 6. The molecule has 3 aromatic carbocycles. The zero-order valence-electron chi connectivity index (χ0n) is 18.9. The van der Waals surface area contributed by atoms with Gasteiger partial charge in [-0.1, -0.05) is 48.5 Å². The van der Waals surface area contributed by atoms with Crippen molar-refractivity contribution >= 4 is 45.4 Å². The molecule has 6 rings (SSSR count). The van der Waals surface area contributed by atoms with E-state index in [1.165, 1.54) is 22.5 Å². The fraction of sp³-hybridized carbons (Fsp3) is 0.107. The van der Waals surface area contributed by atoms with Gasteiger partial charge in [0.05, 0.1) is 30.0 Å². The second-order valence-electron chi connectivity index (χ2n) is 8.27. The Hall–Kier alpha value is -4.10. The molecule has 3 heterocycles. The average Bonchev–Trinajstić information content (AvgIpc) is 3.65. The normalized spacial score (nSPS) is 18.9. The number of fused-ring (bicyclic) bond motifs is 1. The number of amidine groups is 1. The van der Waals surface area contributed by atoms with Crippen LogP contribution in [-0.4, -0.2) is 28.9 Å². The van der Waals surface area contributed by atoms with E-state index in [1.807, 2.05) is 47.5 Å². The Labute approximate surface area is 206 Å².